The van der Waals surface area contributed by atoms with Gasteiger partial charge in [0.1, 0.15) is 0 Å². The molecular weight excluding hydrogens is 376 g/mol. The minimum absolute atomic E-state index is 0.122. The average Bonchev–Trinajstić information content (AvgIpc) is 3.37. The van der Waals surface area contributed by atoms with Crippen molar-refractivity contribution in [2.24, 2.45) is 0 Å². The number of para-hydroxylation sites is 1. The summed E-state index contributed by atoms with van der Waals surface area (Å²) in [5, 5.41) is 6.37. The van der Waals surface area contributed by atoms with Crippen LogP contribution in [-0.2, 0) is 24.2 Å². The zero-order chi connectivity index (χ0) is 20.1. The van der Waals surface area contributed by atoms with Crippen molar-refractivity contribution in [3.05, 3.63) is 93.8 Å². The number of aromatic nitrogens is 1. The van der Waals surface area contributed by atoms with Gasteiger partial charge in [-0.1, -0.05) is 48.5 Å². The first-order valence-corrected chi connectivity index (χ1v) is 11.0. The van der Waals surface area contributed by atoms with Gasteiger partial charge in [0, 0.05) is 41.5 Å². The molecule has 0 unspecified atom stereocenters. The molecule has 0 aliphatic rings. The van der Waals surface area contributed by atoms with Gasteiger partial charge in [0.2, 0.25) is 5.91 Å². The van der Waals surface area contributed by atoms with Crippen molar-refractivity contribution in [3.8, 4) is 0 Å². The lowest BCUT2D eigenvalue weighted by Crippen LogP contribution is -2.25. The molecule has 4 rings (SSSR count). The lowest BCUT2D eigenvalue weighted by Gasteiger charge is -2.08. The third kappa shape index (κ3) is 4.77. The third-order valence-electron chi connectivity index (χ3n) is 5.37. The molecule has 0 saturated carbocycles. The Morgan fingerprint density at radius 1 is 0.966 bits per heavy atom. The molecule has 1 N–H and O–H groups in total. The first-order chi connectivity index (χ1) is 14.2. The number of carbonyl (C=O) groups excluding carboxylic acids is 1. The number of benzene rings is 2. The van der Waals surface area contributed by atoms with Crippen LogP contribution >= 0.6 is 11.3 Å². The number of amides is 1. The smallest absolute Gasteiger partial charge is 0.220 e. The summed E-state index contributed by atoms with van der Waals surface area (Å²) in [5.74, 6) is 0.122. The maximum atomic E-state index is 12.3. The van der Waals surface area contributed by atoms with E-state index in [4.69, 9.17) is 0 Å². The molecule has 4 aromatic rings. The molecule has 0 bridgehead atoms. The fourth-order valence-electron chi connectivity index (χ4n) is 3.74. The van der Waals surface area contributed by atoms with Crippen LogP contribution < -0.4 is 5.32 Å². The standard InChI is InChI=1S/C25H26N2OS/c1-19-7-2-3-8-20(19)17-27-18-21(23-10-4-5-11-24(23)27)12-13-25(28)26-15-14-22-9-6-16-29-22/h2-11,16,18H,12-15,17H2,1H3,(H,26,28). The van der Waals surface area contributed by atoms with Gasteiger partial charge in [-0.15, -0.1) is 11.3 Å². The zero-order valence-corrected chi connectivity index (χ0v) is 17.5. The quantitative estimate of drug-likeness (QED) is 0.423. The van der Waals surface area contributed by atoms with Crippen LogP contribution in [0.2, 0.25) is 0 Å². The molecule has 2 heterocycles. The van der Waals surface area contributed by atoms with Crippen LogP contribution in [0.3, 0.4) is 0 Å². The van der Waals surface area contributed by atoms with E-state index in [9.17, 15) is 4.79 Å². The van der Waals surface area contributed by atoms with E-state index in [1.54, 1.807) is 11.3 Å². The van der Waals surface area contributed by atoms with Gasteiger partial charge in [-0.2, -0.15) is 0 Å². The van der Waals surface area contributed by atoms with Gasteiger partial charge in [0.25, 0.3) is 0 Å². The van der Waals surface area contributed by atoms with E-state index in [1.807, 2.05) is 0 Å². The van der Waals surface area contributed by atoms with E-state index < -0.39 is 0 Å². The van der Waals surface area contributed by atoms with E-state index in [-0.39, 0.29) is 5.91 Å². The van der Waals surface area contributed by atoms with Crippen LogP contribution in [-0.4, -0.2) is 17.0 Å². The van der Waals surface area contributed by atoms with Gasteiger partial charge in [-0.3, -0.25) is 4.79 Å². The monoisotopic (exact) mass is 402 g/mol. The molecule has 2 aromatic heterocycles. The Kier molecular flexibility index (Phi) is 6.11. The van der Waals surface area contributed by atoms with Crippen molar-refractivity contribution < 1.29 is 4.79 Å². The summed E-state index contributed by atoms with van der Waals surface area (Å²) in [6.07, 6.45) is 4.39. The maximum absolute atomic E-state index is 12.3. The molecule has 148 valence electrons. The second kappa shape index (κ2) is 9.10. The number of thiophene rings is 1. The van der Waals surface area contributed by atoms with Crippen LogP contribution in [0.5, 0.6) is 0 Å². The van der Waals surface area contributed by atoms with Crippen LogP contribution in [0, 0.1) is 6.92 Å². The summed E-state index contributed by atoms with van der Waals surface area (Å²) in [7, 11) is 0. The summed E-state index contributed by atoms with van der Waals surface area (Å²) in [6.45, 7) is 3.71. The Hall–Kier alpha value is -2.85. The molecule has 0 fully saturated rings. The Morgan fingerprint density at radius 2 is 1.79 bits per heavy atom. The fourth-order valence-corrected chi connectivity index (χ4v) is 4.45. The molecule has 0 aliphatic carbocycles. The maximum Gasteiger partial charge on any atom is 0.220 e. The number of aryl methyl sites for hydroxylation is 2. The minimum atomic E-state index is 0.122. The van der Waals surface area contributed by atoms with Crippen molar-refractivity contribution in [1.29, 1.82) is 0 Å². The lowest BCUT2D eigenvalue weighted by atomic mass is 10.1. The zero-order valence-electron chi connectivity index (χ0n) is 16.7. The highest BCUT2D eigenvalue weighted by atomic mass is 32.1. The van der Waals surface area contributed by atoms with Gasteiger partial charge in [0.05, 0.1) is 0 Å². The molecular formula is C25H26N2OS. The van der Waals surface area contributed by atoms with E-state index in [2.05, 4.69) is 89.0 Å². The minimum Gasteiger partial charge on any atom is -0.356 e. The Balaban J connectivity index is 1.42. The second-order valence-corrected chi connectivity index (χ2v) is 8.44. The Morgan fingerprint density at radius 3 is 2.62 bits per heavy atom. The number of hydrogen-bond acceptors (Lipinski definition) is 2. The molecule has 0 saturated heterocycles. The average molecular weight is 403 g/mol. The number of fused-ring (bicyclic) bond motifs is 1. The fraction of sp³-hybridized carbons (Fsp3) is 0.240. The first-order valence-electron chi connectivity index (χ1n) is 10.1. The summed E-state index contributed by atoms with van der Waals surface area (Å²) in [5.41, 5.74) is 5.09. The van der Waals surface area contributed by atoms with Gasteiger partial charge < -0.3 is 9.88 Å². The summed E-state index contributed by atoms with van der Waals surface area (Å²) in [6, 6.07) is 21.2. The van der Waals surface area contributed by atoms with Crippen LogP contribution in [0.1, 0.15) is 28.0 Å². The van der Waals surface area contributed by atoms with Gasteiger partial charge in [-0.05, 0) is 54.0 Å². The second-order valence-electron chi connectivity index (χ2n) is 7.41. The summed E-state index contributed by atoms with van der Waals surface area (Å²) < 4.78 is 2.31. The molecule has 0 radical (unpaired) electrons. The van der Waals surface area contributed by atoms with E-state index >= 15 is 0 Å². The molecule has 0 spiro atoms. The molecule has 0 atom stereocenters. The highest BCUT2D eigenvalue weighted by molar-refractivity contribution is 7.09. The number of nitrogens with one attached hydrogen (secondary N) is 1. The molecule has 0 aliphatic heterocycles. The summed E-state index contributed by atoms with van der Waals surface area (Å²) in [4.78, 5) is 13.6. The normalized spacial score (nSPS) is 11.1. The summed E-state index contributed by atoms with van der Waals surface area (Å²) >= 11 is 1.74. The molecule has 4 heteroatoms. The van der Waals surface area contributed by atoms with Gasteiger partial charge >= 0.3 is 0 Å². The molecule has 3 nitrogen and oxygen atoms in total. The van der Waals surface area contributed by atoms with Crippen molar-refractivity contribution >= 4 is 28.1 Å². The van der Waals surface area contributed by atoms with Crippen molar-refractivity contribution in [1.82, 2.24) is 9.88 Å². The third-order valence-corrected chi connectivity index (χ3v) is 6.30. The largest absolute Gasteiger partial charge is 0.356 e. The highest BCUT2D eigenvalue weighted by Crippen LogP contribution is 2.24. The SMILES string of the molecule is Cc1ccccc1Cn1cc(CCC(=O)NCCc2cccs2)c2ccccc21. The van der Waals surface area contributed by atoms with E-state index in [1.165, 1.54) is 32.5 Å². The number of rotatable bonds is 8. The van der Waals surface area contributed by atoms with E-state index in [0.717, 1.165) is 19.4 Å². The van der Waals surface area contributed by atoms with Crippen LogP contribution in [0.25, 0.3) is 10.9 Å². The molecule has 2 aromatic carbocycles. The first kappa shape index (κ1) is 19.5. The van der Waals surface area contributed by atoms with Crippen molar-refractivity contribution in [2.45, 2.75) is 32.7 Å². The van der Waals surface area contributed by atoms with Crippen molar-refractivity contribution in [2.75, 3.05) is 6.54 Å². The van der Waals surface area contributed by atoms with Crippen molar-refractivity contribution in [3.63, 3.8) is 0 Å². The Bertz CT molecular complexity index is 1100. The predicted octanol–water partition coefficient (Wildman–Crippen LogP) is 5.35. The van der Waals surface area contributed by atoms with Crippen LogP contribution in [0.4, 0.5) is 0 Å². The van der Waals surface area contributed by atoms with E-state index in [0.29, 0.717) is 13.0 Å². The van der Waals surface area contributed by atoms with Gasteiger partial charge in [-0.25, -0.2) is 0 Å². The number of nitrogens with zero attached hydrogens (tertiary/aromatic N) is 1. The van der Waals surface area contributed by atoms with Gasteiger partial charge in [0.15, 0.2) is 0 Å². The molecule has 29 heavy (non-hydrogen) atoms. The van der Waals surface area contributed by atoms with Crippen LogP contribution in [0.15, 0.2) is 72.2 Å². The lowest BCUT2D eigenvalue weighted by molar-refractivity contribution is -0.121. The number of carbonyl (C=O) groups is 1. The number of hydrogen-bond donors (Lipinski definition) is 1. The molecule has 1 amide bonds. The Labute approximate surface area is 176 Å². The topological polar surface area (TPSA) is 34.0 Å². The highest BCUT2D eigenvalue weighted by Gasteiger charge is 2.11. The predicted molar refractivity (Wildman–Crippen MR) is 122 cm³/mol.